The van der Waals surface area contributed by atoms with Gasteiger partial charge >= 0.3 is 0 Å². The Bertz CT molecular complexity index is 596. The van der Waals surface area contributed by atoms with Gasteiger partial charge in [-0.1, -0.05) is 12.1 Å². The van der Waals surface area contributed by atoms with Gasteiger partial charge in [-0.2, -0.15) is 0 Å². The van der Waals surface area contributed by atoms with Crippen molar-refractivity contribution in [1.82, 2.24) is 10.3 Å². The zero-order chi connectivity index (χ0) is 15.2. The fourth-order valence-corrected chi connectivity index (χ4v) is 1.94. The lowest BCUT2D eigenvalue weighted by atomic mass is 10.1. The summed E-state index contributed by atoms with van der Waals surface area (Å²) in [5, 5.41) is 5.95. The van der Waals surface area contributed by atoms with Gasteiger partial charge in [-0.3, -0.25) is 4.79 Å². The molecule has 2 N–H and O–H groups in total. The first kappa shape index (κ1) is 15.0. The Morgan fingerprint density at radius 1 is 1.24 bits per heavy atom. The number of rotatable bonds is 5. The third-order valence-corrected chi connectivity index (χ3v) is 3.09. The third kappa shape index (κ3) is 4.02. The Morgan fingerprint density at radius 2 is 1.95 bits per heavy atom. The van der Waals surface area contributed by atoms with Crippen molar-refractivity contribution in [3.63, 3.8) is 0 Å². The minimum absolute atomic E-state index is 0.214. The molecule has 21 heavy (non-hydrogen) atoms. The zero-order valence-electron chi connectivity index (χ0n) is 12.1. The molecule has 4 nitrogen and oxygen atoms in total. The first-order valence-electron chi connectivity index (χ1n) is 6.86. The van der Waals surface area contributed by atoms with Crippen LogP contribution in [0.3, 0.4) is 0 Å². The number of hydrogen-bond donors (Lipinski definition) is 2. The zero-order valence-corrected chi connectivity index (χ0v) is 12.1. The van der Waals surface area contributed by atoms with Crippen LogP contribution < -0.4 is 10.6 Å². The van der Waals surface area contributed by atoms with E-state index in [1.165, 1.54) is 12.1 Å². The third-order valence-electron chi connectivity index (χ3n) is 3.09. The molecular weight excluding hydrogens is 269 g/mol. The molecule has 1 unspecified atom stereocenters. The van der Waals surface area contributed by atoms with Crippen molar-refractivity contribution >= 4 is 11.6 Å². The lowest BCUT2D eigenvalue weighted by Gasteiger charge is -2.14. The van der Waals surface area contributed by atoms with Crippen LogP contribution in [0.1, 0.15) is 35.9 Å². The van der Waals surface area contributed by atoms with E-state index < -0.39 is 0 Å². The van der Waals surface area contributed by atoms with Crippen LogP contribution in [-0.4, -0.2) is 17.4 Å². The molecular formula is C16H18FN3O. The summed E-state index contributed by atoms with van der Waals surface area (Å²) >= 11 is 0. The number of aromatic nitrogens is 1. The van der Waals surface area contributed by atoms with Gasteiger partial charge < -0.3 is 10.6 Å². The van der Waals surface area contributed by atoms with E-state index in [4.69, 9.17) is 0 Å². The van der Waals surface area contributed by atoms with Crippen molar-refractivity contribution in [3.8, 4) is 0 Å². The maximum absolute atomic E-state index is 12.9. The number of carbonyl (C=O) groups is 1. The standard InChI is InChI=1S/C16H18FN3O/c1-3-18-14-8-9-15(19-10-14)16(21)20-11(2)12-4-6-13(17)7-5-12/h4-11,18H,3H2,1-2H3,(H,20,21). The summed E-state index contributed by atoms with van der Waals surface area (Å²) < 4.78 is 12.9. The number of carbonyl (C=O) groups excluding carboxylic acids is 1. The molecule has 2 rings (SSSR count). The van der Waals surface area contributed by atoms with Gasteiger partial charge in [0.2, 0.25) is 0 Å². The van der Waals surface area contributed by atoms with Crippen LogP contribution in [0.4, 0.5) is 10.1 Å². The molecule has 0 aliphatic carbocycles. The predicted octanol–water partition coefficient (Wildman–Crippen LogP) is 3.14. The van der Waals surface area contributed by atoms with Gasteiger partial charge in [-0.05, 0) is 43.7 Å². The van der Waals surface area contributed by atoms with Gasteiger partial charge in [0.25, 0.3) is 5.91 Å². The molecule has 1 amide bonds. The molecule has 5 heteroatoms. The number of pyridine rings is 1. The van der Waals surface area contributed by atoms with E-state index in [2.05, 4.69) is 15.6 Å². The second-order valence-corrected chi connectivity index (χ2v) is 4.71. The van der Waals surface area contributed by atoms with E-state index in [1.807, 2.05) is 19.9 Å². The van der Waals surface area contributed by atoms with E-state index in [1.54, 1.807) is 24.4 Å². The Morgan fingerprint density at radius 3 is 2.52 bits per heavy atom. The first-order chi connectivity index (χ1) is 10.1. The Labute approximate surface area is 123 Å². The molecule has 1 aromatic heterocycles. The molecule has 0 fully saturated rings. The molecule has 0 aliphatic heterocycles. The largest absolute Gasteiger partial charge is 0.384 e. The van der Waals surface area contributed by atoms with Gasteiger partial charge in [0.05, 0.1) is 17.9 Å². The van der Waals surface area contributed by atoms with Crippen molar-refractivity contribution in [1.29, 1.82) is 0 Å². The Kier molecular flexibility index (Phi) is 4.87. The molecule has 1 atom stereocenters. The van der Waals surface area contributed by atoms with Gasteiger partial charge in [0.1, 0.15) is 11.5 Å². The van der Waals surface area contributed by atoms with Gasteiger partial charge in [0, 0.05) is 6.54 Å². The van der Waals surface area contributed by atoms with E-state index in [0.29, 0.717) is 5.69 Å². The molecule has 0 aliphatic rings. The minimum atomic E-state index is -0.294. The van der Waals surface area contributed by atoms with Crippen LogP contribution in [0.5, 0.6) is 0 Å². The lowest BCUT2D eigenvalue weighted by molar-refractivity contribution is 0.0935. The SMILES string of the molecule is CCNc1ccc(C(=O)NC(C)c2ccc(F)cc2)nc1. The summed E-state index contributed by atoms with van der Waals surface area (Å²) in [7, 11) is 0. The van der Waals surface area contributed by atoms with Crippen molar-refractivity contribution < 1.29 is 9.18 Å². The summed E-state index contributed by atoms with van der Waals surface area (Å²) in [5.41, 5.74) is 2.07. The van der Waals surface area contributed by atoms with E-state index >= 15 is 0 Å². The summed E-state index contributed by atoms with van der Waals surface area (Å²) in [4.78, 5) is 16.2. The maximum Gasteiger partial charge on any atom is 0.270 e. The van der Waals surface area contributed by atoms with Crippen LogP contribution in [0.25, 0.3) is 0 Å². The van der Waals surface area contributed by atoms with Crippen molar-refractivity contribution in [2.75, 3.05) is 11.9 Å². The number of hydrogen-bond acceptors (Lipinski definition) is 3. The maximum atomic E-state index is 12.9. The monoisotopic (exact) mass is 287 g/mol. The van der Waals surface area contributed by atoms with Crippen molar-refractivity contribution in [2.24, 2.45) is 0 Å². The van der Waals surface area contributed by atoms with Crippen LogP contribution in [0.15, 0.2) is 42.6 Å². The van der Waals surface area contributed by atoms with Crippen molar-refractivity contribution in [3.05, 3.63) is 59.7 Å². The van der Waals surface area contributed by atoms with Crippen molar-refractivity contribution in [2.45, 2.75) is 19.9 Å². The van der Waals surface area contributed by atoms with Gasteiger partial charge in [0.15, 0.2) is 0 Å². The summed E-state index contributed by atoms with van der Waals surface area (Å²) in [6.07, 6.45) is 1.63. The van der Waals surface area contributed by atoms with E-state index in [-0.39, 0.29) is 17.8 Å². The number of anilines is 1. The van der Waals surface area contributed by atoms with Gasteiger partial charge in [-0.15, -0.1) is 0 Å². The molecule has 1 aromatic carbocycles. The Balaban J connectivity index is 2.01. The number of amides is 1. The number of nitrogens with one attached hydrogen (secondary N) is 2. The topological polar surface area (TPSA) is 54.0 Å². The average Bonchev–Trinajstić information content (AvgIpc) is 2.49. The van der Waals surface area contributed by atoms with Crippen LogP contribution in [0, 0.1) is 5.82 Å². The average molecular weight is 287 g/mol. The lowest BCUT2D eigenvalue weighted by Crippen LogP contribution is -2.27. The van der Waals surface area contributed by atoms with E-state index in [9.17, 15) is 9.18 Å². The van der Waals surface area contributed by atoms with Crippen LogP contribution in [-0.2, 0) is 0 Å². The smallest absolute Gasteiger partial charge is 0.270 e. The quantitative estimate of drug-likeness (QED) is 0.888. The van der Waals surface area contributed by atoms with E-state index in [0.717, 1.165) is 17.8 Å². The summed E-state index contributed by atoms with van der Waals surface area (Å²) in [6.45, 7) is 4.64. The van der Waals surface area contributed by atoms with Crippen LogP contribution in [0.2, 0.25) is 0 Å². The highest BCUT2D eigenvalue weighted by atomic mass is 19.1. The highest BCUT2D eigenvalue weighted by Gasteiger charge is 2.12. The van der Waals surface area contributed by atoms with Gasteiger partial charge in [-0.25, -0.2) is 9.37 Å². The second kappa shape index (κ2) is 6.83. The molecule has 0 spiro atoms. The molecule has 0 saturated heterocycles. The van der Waals surface area contributed by atoms with Crippen LogP contribution >= 0.6 is 0 Å². The summed E-state index contributed by atoms with van der Waals surface area (Å²) in [5.74, 6) is -0.548. The fraction of sp³-hybridized carbons (Fsp3) is 0.250. The number of nitrogens with zero attached hydrogens (tertiary/aromatic N) is 1. The molecule has 0 bridgehead atoms. The highest BCUT2D eigenvalue weighted by Crippen LogP contribution is 2.14. The second-order valence-electron chi connectivity index (χ2n) is 4.71. The Hall–Kier alpha value is -2.43. The fourth-order valence-electron chi connectivity index (χ4n) is 1.94. The molecule has 1 heterocycles. The molecule has 0 radical (unpaired) electrons. The predicted molar refractivity (Wildman–Crippen MR) is 80.7 cm³/mol. The highest BCUT2D eigenvalue weighted by molar-refractivity contribution is 5.92. The molecule has 110 valence electrons. The normalized spacial score (nSPS) is 11.8. The first-order valence-corrected chi connectivity index (χ1v) is 6.86. The molecule has 0 saturated carbocycles. The minimum Gasteiger partial charge on any atom is -0.384 e. The number of benzene rings is 1. The summed E-state index contributed by atoms with van der Waals surface area (Å²) in [6, 6.07) is 9.33. The molecule has 2 aromatic rings. The number of halogens is 1.